The van der Waals surface area contributed by atoms with Crippen molar-refractivity contribution in [1.29, 1.82) is 0 Å². The molecule has 1 unspecified atom stereocenters. The van der Waals surface area contributed by atoms with Gasteiger partial charge in [-0.25, -0.2) is 9.50 Å². The van der Waals surface area contributed by atoms with Crippen LogP contribution in [-0.4, -0.2) is 118 Å². The number of aromatic nitrogens is 3. The number of ether oxygens (including phenoxy) is 1. The minimum Gasteiger partial charge on any atom is -0.382 e. The van der Waals surface area contributed by atoms with Gasteiger partial charge in [-0.3, -0.25) is 34.2 Å². The van der Waals surface area contributed by atoms with Crippen LogP contribution >= 0.6 is 0 Å². The van der Waals surface area contributed by atoms with Gasteiger partial charge >= 0.3 is 0 Å². The number of nitrogens with zero attached hydrogens (tertiary/aromatic N) is 7. The lowest BCUT2D eigenvalue weighted by Gasteiger charge is -2.47. The molecular weight excluding hydrogens is 825 g/mol. The first-order valence-electron chi connectivity index (χ1n) is 23.0. The first-order valence-corrected chi connectivity index (χ1v) is 23.0. The molecular formula is C49H58N10O6. The number of nitrogens with one attached hydrogen (secondary N) is 2. The monoisotopic (exact) mass is 882 g/mol. The summed E-state index contributed by atoms with van der Waals surface area (Å²) >= 11 is 0. The van der Waals surface area contributed by atoms with Crippen LogP contribution in [0.4, 0.5) is 17.2 Å². The van der Waals surface area contributed by atoms with Crippen LogP contribution in [0.15, 0.2) is 48.8 Å². The Bertz CT molecular complexity index is 2570. The maximum Gasteiger partial charge on any atom is 0.259 e. The number of hydrogen-bond donors (Lipinski definition) is 3. The largest absolute Gasteiger partial charge is 0.382 e. The molecule has 4 N–H and O–H groups in total. The van der Waals surface area contributed by atoms with E-state index in [1.807, 2.05) is 55.1 Å². The zero-order valence-corrected chi connectivity index (χ0v) is 37.5. The van der Waals surface area contributed by atoms with Gasteiger partial charge in [-0.15, -0.1) is 0 Å². The van der Waals surface area contributed by atoms with E-state index in [4.69, 9.17) is 10.5 Å². The lowest BCUT2D eigenvalue weighted by molar-refractivity contribution is -0.137. The van der Waals surface area contributed by atoms with Crippen molar-refractivity contribution >= 4 is 52.2 Å². The van der Waals surface area contributed by atoms with Gasteiger partial charge in [0.1, 0.15) is 17.9 Å². The Kier molecular flexibility index (Phi) is 12.4. The van der Waals surface area contributed by atoms with Gasteiger partial charge in [0.05, 0.1) is 30.0 Å². The Hall–Kier alpha value is -6.31. The van der Waals surface area contributed by atoms with E-state index in [1.165, 1.54) is 6.33 Å². The molecule has 4 fully saturated rings. The van der Waals surface area contributed by atoms with E-state index in [0.717, 1.165) is 87.2 Å². The van der Waals surface area contributed by atoms with Crippen LogP contribution in [0.25, 0.3) is 5.52 Å². The number of fused-ring (bicyclic) bond motifs is 2. The second kappa shape index (κ2) is 18.3. The van der Waals surface area contributed by atoms with Crippen LogP contribution in [0, 0.1) is 23.2 Å². The third kappa shape index (κ3) is 8.91. The third-order valence-corrected chi connectivity index (χ3v) is 14.3. The number of nitrogens with two attached hydrogens (primary N) is 1. The average Bonchev–Trinajstić information content (AvgIpc) is 3.82. The van der Waals surface area contributed by atoms with E-state index in [-0.39, 0.29) is 53.1 Å². The molecule has 5 aliphatic rings. The van der Waals surface area contributed by atoms with Crippen molar-refractivity contribution in [2.45, 2.75) is 90.3 Å². The molecule has 0 radical (unpaired) electrons. The Morgan fingerprint density at radius 2 is 1.69 bits per heavy atom. The molecule has 1 atom stereocenters. The summed E-state index contributed by atoms with van der Waals surface area (Å²) < 4.78 is 6.93. The Morgan fingerprint density at radius 3 is 2.38 bits per heavy atom. The number of piperidine rings is 4. The summed E-state index contributed by atoms with van der Waals surface area (Å²) in [6.07, 6.45) is 7.77. The molecule has 4 aromatic rings. The first-order chi connectivity index (χ1) is 31.4. The van der Waals surface area contributed by atoms with E-state index in [2.05, 4.69) is 48.4 Å². The number of rotatable bonds is 9. The maximum absolute atomic E-state index is 14.0. The molecule has 4 saturated heterocycles. The van der Waals surface area contributed by atoms with Crippen molar-refractivity contribution < 1.29 is 28.7 Å². The summed E-state index contributed by atoms with van der Waals surface area (Å²) in [5.74, 6) is 6.11. The first kappa shape index (κ1) is 43.9. The van der Waals surface area contributed by atoms with E-state index in [0.29, 0.717) is 67.1 Å². The smallest absolute Gasteiger partial charge is 0.259 e. The van der Waals surface area contributed by atoms with Crippen LogP contribution in [-0.2, 0) is 32.3 Å². The molecule has 16 heteroatoms. The van der Waals surface area contributed by atoms with Crippen molar-refractivity contribution in [2.24, 2.45) is 11.3 Å². The molecule has 2 aromatic carbocycles. The van der Waals surface area contributed by atoms with Crippen molar-refractivity contribution in [3.8, 4) is 11.8 Å². The Labute approximate surface area is 379 Å². The van der Waals surface area contributed by atoms with Crippen LogP contribution in [0.5, 0.6) is 0 Å². The van der Waals surface area contributed by atoms with Crippen molar-refractivity contribution in [3.05, 3.63) is 82.3 Å². The lowest BCUT2D eigenvalue weighted by Crippen LogP contribution is -2.52. The molecule has 16 nitrogen and oxygen atoms in total. The summed E-state index contributed by atoms with van der Waals surface area (Å²) in [5, 5.41) is 9.90. The number of benzene rings is 2. The molecule has 5 amide bonds. The number of anilines is 3. The molecule has 7 heterocycles. The zero-order chi connectivity index (χ0) is 45.4. The van der Waals surface area contributed by atoms with Crippen LogP contribution in [0.1, 0.15) is 114 Å². The average molecular weight is 883 g/mol. The summed E-state index contributed by atoms with van der Waals surface area (Å²) in [5.41, 5.74) is 13.1. The molecule has 340 valence electrons. The summed E-state index contributed by atoms with van der Waals surface area (Å²) in [7, 11) is 1.64. The van der Waals surface area contributed by atoms with Gasteiger partial charge in [0.15, 0.2) is 5.82 Å². The third-order valence-electron chi connectivity index (χ3n) is 14.3. The number of hydrogen-bond acceptors (Lipinski definition) is 11. The van der Waals surface area contributed by atoms with Crippen LogP contribution in [0.3, 0.4) is 0 Å². The van der Waals surface area contributed by atoms with Gasteiger partial charge < -0.3 is 30.5 Å². The molecule has 2 aromatic heterocycles. The predicted octanol–water partition coefficient (Wildman–Crippen LogP) is 4.57. The van der Waals surface area contributed by atoms with E-state index in [1.54, 1.807) is 16.5 Å². The van der Waals surface area contributed by atoms with E-state index in [9.17, 15) is 24.0 Å². The van der Waals surface area contributed by atoms with Gasteiger partial charge in [-0.05, 0) is 111 Å². The number of nitrogen functional groups attached to an aromatic ring is 1. The number of carbonyl (C=O) groups excluding carboxylic acids is 5. The highest BCUT2D eigenvalue weighted by molar-refractivity contribution is 6.13. The number of imide groups is 1. The van der Waals surface area contributed by atoms with Crippen molar-refractivity contribution in [1.82, 2.24) is 34.6 Å². The number of methoxy groups -OCH3 is 1. The predicted molar refractivity (Wildman–Crippen MR) is 245 cm³/mol. The molecule has 0 aliphatic carbocycles. The zero-order valence-electron chi connectivity index (χ0n) is 37.5. The quantitative estimate of drug-likeness (QED) is 0.158. The summed E-state index contributed by atoms with van der Waals surface area (Å²) in [4.78, 5) is 77.6. The standard InChI is InChI=1S/C49H58N10O6/c1-31(2)43-38(42(44-45(50)51-30-52-59(43)44)47(63)53-35-7-4-33(5-8-35)29-65-3)10-6-32-14-20-57(21-15-32)41(61)28-55-22-16-49(17-23-55)18-24-56(25-19-49)36-9-11-37-34(26-36)27-58(48(37)64)39-12-13-40(60)54-46(39)62/h4-5,7-9,11,26,30-32,39H,12-25,27-29H2,1-3H3,(H,53,63)(H2,50,51,52)(H,54,60,62). The Balaban J connectivity index is 0.772. The normalized spacial score (nSPS) is 20.3. The van der Waals surface area contributed by atoms with Gasteiger partial charge in [-0.2, -0.15) is 5.10 Å². The highest BCUT2D eigenvalue weighted by atomic mass is 16.5. The minimum absolute atomic E-state index is 0.0135. The SMILES string of the molecule is COCc1ccc(NC(=O)c2c(C#CC3CCN(C(=O)CN4CCC5(CC4)CCN(c4ccc6c(c4)CN(C4CCC(=O)NC4=O)C6=O)CC5)CC3)c(C(C)C)n3ncnc(N)c23)cc1. The molecule has 0 bridgehead atoms. The van der Waals surface area contributed by atoms with Crippen molar-refractivity contribution in [2.75, 3.05) is 68.9 Å². The summed E-state index contributed by atoms with van der Waals surface area (Å²) in [6, 6.07) is 12.9. The van der Waals surface area contributed by atoms with Gasteiger partial charge in [0.25, 0.3) is 11.8 Å². The molecule has 1 spiro atoms. The highest BCUT2D eigenvalue weighted by Crippen LogP contribution is 2.43. The fourth-order valence-electron chi connectivity index (χ4n) is 10.5. The van der Waals surface area contributed by atoms with Gasteiger partial charge in [-0.1, -0.05) is 37.8 Å². The second-order valence-corrected chi connectivity index (χ2v) is 18.7. The van der Waals surface area contributed by atoms with E-state index < -0.39 is 11.9 Å². The molecule has 65 heavy (non-hydrogen) atoms. The highest BCUT2D eigenvalue weighted by Gasteiger charge is 2.41. The van der Waals surface area contributed by atoms with Gasteiger partial charge in [0.2, 0.25) is 17.7 Å². The number of carbonyl (C=O) groups is 5. The summed E-state index contributed by atoms with van der Waals surface area (Å²) in [6.45, 7) is 10.3. The Morgan fingerprint density at radius 1 is 0.969 bits per heavy atom. The topological polar surface area (TPSA) is 188 Å². The number of likely N-dealkylation sites (tertiary alicyclic amines) is 2. The van der Waals surface area contributed by atoms with E-state index >= 15 is 0 Å². The minimum atomic E-state index is -0.617. The molecule has 5 aliphatic heterocycles. The fourth-order valence-corrected chi connectivity index (χ4v) is 10.5. The fraction of sp³-hybridized carbons (Fsp3) is 0.490. The number of amides is 5. The lowest BCUT2D eigenvalue weighted by atomic mass is 9.71. The van der Waals surface area contributed by atoms with Crippen LogP contribution in [0.2, 0.25) is 0 Å². The second-order valence-electron chi connectivity index (χ2n) is 18.7. The van der Waals surface area contributed by atoms with Gasteiger partial charge in [0, 0.05) is 69.1 Å². The van der Waals surface area contributed by atoms with Crippen LogP contribution < -0.4 is 21.3 Å². The maximum atomic E-state index is 14.0. The van der Waals surface area contributed by atoms with Crippen molar-refractivity contribution in [3.63, 3.8) is 0 Å². The molecule has 9 rings (SSSR count). The molecule has 0 saturated carbocycles.